The number of nitrogens with two attached hydrogens (primary N) is 1. The Hall–Kier alpha value is -1.00. The molecule has 1 aromatic rings. The predicted molar refractivity (Wildman–Crippen MR) is 74.2 cm³/mol. The molecule has 1 atom stereocenters. The third kappa shape index (κ3) is 5.24. The van der Waals surface area contributed by atoms with E-state index in [0.717, 1.165) is 24.4 Å². The fraction of sp³-hybridized carbons (Fsp3) is 0.462. The molecule has 17 heavy (non-hydrogen) atoms. The van der Waals surface area contributed by atoms with E-state index in [2.05, 4.69) is 18.5 Å². The van der Waals surface area contributed by atoms with E-state index in [1.165, 1.54) is 0 Å². The number of benzene rings is 1. The Morgan fingerprint density at radius 1 is 1.53 bits per heavy atom. The molecule has 4 heteroatoms. The molecular weight excluding hydrogens is 232 g/mol. The zero-order chi connectivity index (χ0) is 12.7. The summed E-state index contributed by atoms with van der Waals surface area (Å²) in [6.45, 7) is 3.99. The SMILES string of the molecule is CSCC(C)CNCc1cccc(C(N)=O)c1. The Morgan fingerprint density at radius 2 is 2.29 bits per heavy atom. The van der Waals surface area contributed by atoms with E-state index < -0.39 is 0 Å². The lowest BCUT2D eigenvalue weighted by atomic mass is 10.1. The number of hydrogen-bond acceptors (Lipinski definition) is 3. The van der Waals surface area contributed by atoms with Gasteiger partial charge in [0.05, 0.1) is 0 Å². The van der Waals surface area contributed by atoms with Crippen LogP contribution in [-0.2, 0) is 6.54 Å². The highest BCUT2D eigenvalue weighted by Gasteiger charge is 2.03. The van der Waals surface area contributed by atoms with E-state index in [1.807, 2.05) is 30.0 Å². The molecule has 1 aromatic carbocycles. The van der Waals surface area contributed by atoms with Crippen molar-refractivity contribution in [1.29, 1.82) is 0 Å². The summed E-state index contributed by atoms with van der Waals surface area (Å²) in [4.78, 5) is 11.0. The molecule has 0 aliphatic rings. The van der Waals surface area contributed by atoms with Crippen molar-refractivity contribution in [1.82, 2.24) is 5.32 Å². The average Bonchev–Trinajstić information content (AvgIpc) is 2.30. The highest BCUT2D eigenvalue weighted by atomic mass is 32.2. The van der Waals surface area contributed by atoms with Gasteiger partial charge >= 0.3 is 0 Å². The smallest absolute Gasteiger partial charge is 0.248 e. The Morgan fingerprint density at radius 3 is 2.94 bits per heavy atom. The Bertz CT molecular complexity index is 368. The van der Waals surface area contributed by atoms with Crippen molar-refractivity contribution in [3.8, 4) is 0 Å². The highest BCUT2D eigenvalue weighted by Crippen LogP contribution is 2.06. The van der Waals surface area contributed by atoms with Crippen LogP contribution >= 0.6 is 11.8 Å². The van der Waals surface area contributed by atoms with Crippen molar-refractivity contribution in [3.63, 3.8) is 0 Å². The van der Waals surface area contributed by atoms with Gasteiger partial charge in [-0.25, -0.2) is 0 Å². The second kappa shape index (κ2) is 7.35. The van der Waals surface area contributed by atoms with E-state index in [-0.39, 0.29) is 5.91 Å². The van der Waals surface area contributed by atoms with Crippen molar-refractivity contribution < 1.29 is 4.79 Å². The summed E-state index contributed by atoms with van der Waals surface area (Å²) < 4.78 is 0. The van der Waals surface area contributed by atoms with Crippen LogP contribution in [0.25, 0.3) is 0 Å². The van der Waals surface area contributed by atoms with Gasteiger partial charge in [0.15, 0.2) is 0 Å². The largest absolute Gasteiger partial charge is 0.366 e. The van der Waals surface area contributed by atoms with Gasteiger partial charge in [0, 0.05) is 12.1 Å². The third-order valence-corrected chi connectivity index (χ3v) is 3.39. The molecule has 1 amide bonds. The number of primary amides is 1. The molecular formula is C13H20N2OS. The maximum absolute atomic E-state index is 11.0. The summed E-state index contributed by atoms with van der Waals surface area (Å²) in [7, 11) is 0. The van der Waals surface area contributed by atoms with Crippen LogP contribution in [0.5, 0.6) is 0 Å². The monoisotopic (exact) mass is 252 g/mol. The molecule has 0 radical (unpaired) electrons. The number of carbonyl (C=O) groups is 1. The first kappa shape index (κ1) is 14.1. The quantitative estimate of drug-likeness (QED) is 0.779. The van der Waals surface area contributed by atoms with Crippen LogP contribution in [0.2, 0.25) is 0 Å². The third-order valence-electron chi connectivity index (χ3n) is 2.48. The Kier molecular flexibility index (Phi) is 6.08. The van der Waals surface area contributed by atoms with Gasteiger partial charge in [-0.15, -0.1) is 0 Å². The van der Waals surface area contributed by atoms with E-state index in [9.17, 15) is 4.79 Å². The fourth-order valence-electron chi connectivity index (χ4n) is 1.64. The first-order chi connectivity index (χ1) is 8.13. The molecule has 0 spiro atoms. The van der Waals surface area contributed by atoms with E-state index >= 15 is 0 Å². The van der Waals surface area contributed by atoms with Crippen LogP contribution in [0.15, 0.2) is 24.3 Å². The second-order valence-corrected chi connectivity index (χ2v) is 5.17. The van der Waals surface area contributed by atoms with Crippen LogP contribution in [0, 0.1) is 5.92 Å². The predicted octanol–water partition coefficient (Wildman–Crippen LogP) is 1.87. The molecule has 1 unspecified atom stereocenters. The number of hydrogen-bond donors (Lipinski definition) is 2. The van der Waals surface area contributed by atoms with E-state index in [4.69, 9.17) is 5.73 Å². The Balaban J connectivity index is 2.41. The molecule has 0 aromatic heterocycles. The van der Waals surface area contributed by atoms with Crippen LogP contribution < -0.4 is 11.1 Å². The molecule has 94 valence electrons. The zero-order valence-electron chi connectivity index (χ0n) is 10.4. The molecule has 0 heterocycles. The van der Waals surface area contributed by atoms with Gasteiger partial charge in [-0.05, 0) is 42.2 Å². The average molecular weight is 252 g/mol. The standard InChI is InChI=1S/C13H20N2OS/c1-10(9-17-2)7-15-8-11-4-3-5-12(6-11)13(14)16/h3-6,10,15H,7-9H2,1-2H3,(H2,14,16). The lowest BCUT2D eigenvalue weighted by Crippen LogP contribution is -2.22. The van der Waals surface area contributed by atoms with Gasteiger partial charge < -0.3 is 11.1 Å². The number of thioether (sulfide) groups is 1. The molecule has 1 rings (SSSR count). The first-order valence-electron chi connectivity index (χ1n) is 5.72. The van der Waals surface area contributed by atoms with Crippen LogP contribution in [0.4, 0.5) is 0 Å². The molecule has 0 bridgehead atoms. The summed E-state index contributed by atoms with van der Waals surface area (Å²) in [6, 6.07) is 7.44. The molecule has 0 aliphatic heterocycles. The number of carbonyl (C=O) groups excluding carboxylic acids is 1. The maximum Gasteiger partial charge on any atom is 0.248 e. The maximum atomic E-state index is 11.0. The summed E-state index contributed by atoms with van der Waals surface area (Å²) in [5.74, 6) is 1.45. The molecule has 3 nitrogen and oxygen atoms in total. The summed E-state index contributed by atoms with van der Waals surface area (Å²) in [5.41, 5.74) is 6.90. The summed E-state index contributed by atoms with van der Waals surface area (Å²) >= 11 is 1.86. The lowest BCUT2D eigenvalue weighted by Gasteiger charge is -2.11. The van der Waals surface area contributed by atoms with Gasteiger partial charge in [-0.3, -0.25) is 4.79 Å². The number of rotatable bonds is 7. The molecule has 3 N–H and O–H groups in total. The van der Waals surface area contributed by atoms with Crippen LogP contribution in [-0.4, -0.2) is 24.5 Å². The van der Waals surface area contributed by atoms with Crippen molar-refractivity contribution >= 4 is 17.7 Å². The first-order valence-corrected chi connectivity index (χ1v) is 7.11. The topological polar surface area (TPSA) is 55.1 Å². The summed E-state index contributed by atoms with van der Waals surface area (Å²) in [6.07, 6.45) is 2.12. The minimum Gasteiger partial charge on any atom is -0.366 e. The van der Waals surface area contributed by atoms with Crippen LogP contribution in [0.1, 0.15) is 22.8 Å². The Labute approximate surface area is 107 Å². The molecule has 0 fully saturated rings. The number of nitrogens with one attached hydrogen (secondary N) is 1. The van der Waals surface area contributed by atoms with E-state index in [0.29, 0.717) is 11.5 Å². The van der Waals surface area contributed by atoms with Crippen molar-refractivity contribution in [2.75, 3.05) is 18.6 Å². The molecule has 0 aliphatic carbocycles. The van der Waals surface area contributed by atoms with Gasteiger partial charge in [-0.1, -0.05) is 19.1 Å². The minimum absolute atomic E-state index is 0.373. The van der Waals surface area contributed by atoms with Gasteiger partial charge in [0.1, 0.15) is 0 Å². The second-order valence-electron chi connectivity index (χ2n) is 4.26. The highest BCUT2D eigenvalue weighted by molar-refractivity contribution is 7.98. The zero-order valence-corrected chi connectivity index (χ0v) is 11.2. The van der Waals surface area contributed by atoms with Gasteiger partial charge in [0.25, 0.3) is 0 Å². The molecule has 0 saturated heterocycles. The van der Waals surface area contributed by atoms with E-state index in [1.54, 1.807) is 6.07 Å². The van der Waals surface area contributed by atoms with Crippen molar-refractivity contribution in [2.24, 2.45) is 11.7 Å². The molecule has 0 saturated carbocycles. The van der Waals surface area contributed by atoms with Crippen molar-refractivity contribution in [2.45, 2.75) is 13.5 Å². The summed E-state index contributed by atoms with van der Waals surface area (Å²) in [5, 5.41) is 3.39. The van der Waals surface area contributed by atoms with Gasteiger partial charge in [-0.2, -0.15) is 11.8 Å². The number of amides is 1. The lowest BCUT2D eigenvalue weighted by molar-refractivity contribution is 0.1000. The minimum atomic E-state index is -0.373. The fourth-order valence-corrected chi connectivity index (χ4v) is 2.33. The van der Waals surface area contributed by atoms with Gasteiger partial charge in [0.2, 0.25) is 5.91 Å². The normalized spacial score (nSPS) is 12.4. The van der Waals surface area contributed by atoms with Crippen LogP contribution in [0.3, 0.4) is 0 Å². The van der Waals surface area contributed by atoms with Crippen molar-refractivity contribution in [3.05, 3.63) is 35.4 Å².